The minimum atomic E-state index is 0.317. The van der Waals surface area contributed by atoms with E-state index in [2.05, 4.69) is 12.1 Å². The fourth-order valence-electron chi connectivity index (χ4n) is 2.88. The predicted molar refractivity (Wildman–Crippen MR) is 58.3 cm³/mol. The number of rotatable bonds is 0. The van der Waals surface area contributed by atoms with Crippen molar-refractivity contribution in [3.63, 3.8) is 0 Å². The molecule has 0 unspecified atom stereocenters. The highest BCUT2D eigenvalue weighted by Gasteiger charge is 2.21. The molecule has 1 aromatic rings. The van der Waals surface area contributed by atoms with Crippen LogP contribution in [0.4, 0.5) is 0 Å². The van der Waals surface area contributed by atoms with Crippen molar-refractivity contribution in [3.05, 3.63) is 34.4 Å². The van der Waals surface area contributed by atoms with E-state index >= 15 is 0 Å². The normalized spacial score (nSPS) is 24.5. The maximum atomic E-state index is 6.08. The second-order valence-corrected chi connectivity index (χ2v) is 4.67. The lowest BCUT2D eigenvalue weighted by Crippen LogP contribution is -2.08. The smallest absolute Gasteiger partial charge is 0.0300 e. The van der Waals surface area contributed by atoms with Gasteiger partial charge in [-0.2, -0.15) is 0 Å². The molecule has 0 amide bonds. The fraction of sp³-hybridized carbons (Fsp3) is 0.538. The van der Waals surface area contributed by atoms with Crippen LogP contribution >= 0.6 is 0 Å². The molecule has 1 aromatic carbocycles. The van der Waals surface area contributed by atoms with E-state index < -0.39 is 0 Å². The van der Waals surface area contributed by atoms with Crippen LogP contribution in [0.1, 0.15) is 47.6 Å². The van der Waals surface area contributed by atoms with E-state index in [-0.39, 0.29) is 0 Å². The van der Waals surface area contributed by atoms with Crippen LogP contribution in [0.15, 0.2) is 12.1 Å². The second-order valence-electron chi connectivity index (χ2n) is 4.67. The van der Waals surface area contributed by atoms with Crippen molar-refractivity contribution in [2.24, 2.45) is 5.73 Å². The van der Waals surface area contributed by atoms with E-state index in [1.54, 1.807) is 11.1 Å². The minimum absolute atomic E-state index is 0.317. The fourth-order valence-corrected chi connectivity index (χ4v) is 2.88. The Balaban J connectivity index is 2.11. The number of benzene rings is 1. The van der Waals surface area contributed by atoms with Crippen molar-refractivity contribution < 1.29 is 0 Å². The van der Waals surface area contributed by atoms with Gasteiger partial charge in [0.2, 0.25) is 0 Å². The Morgan fingerprint density at radius 3 is 2.43 bits per heavy atom. The van der Waals surface area contributed by atoms with Gasteiger partial charge in [0.25, 0.3) is 0 Å². The van der Waals surface area contributed by atoms with Gasteiger partial charge in [-0.15, -0.1) is 0 Å². The second kappa shape index (κ2) is 3.09. The summed E-state index contributed by atoms with van der Waals surface area (Å²) in [5.74, 6) is 0. The Kier molecular flexibility index (Phi) is 1.88. The van der Waals surface area contributed by atoms with E-state index in [0.29, 0.717) is 6.04 Å². The third-order valence-corrected chi connectivity index (χ3v) is 3.73. The Morgan fingerprint density at radius 2 is 1.64 bits per heavy atom. The van der Waals surface area contributed by atoms with Gasteiger partial charge in [0, 0.05) is 6.04 Å². The molecule has 0 heterocycles. The molecule has 0 saturated heterocycles. The van der Waals surface area contributed by atoms with E-state index in [1.807, 2.05) is 0 Å². The van der Waals surface area contributed by atoms with Crippen molar-refractivity contribution in [3.8, 4) is 0 Å². The first kappa shape index (κ1) is 8.49. The van der Waals surface area contributed by atoms with Gasteiger partial charge in [0.05, 0.1) is 0 Å². The molecule has 0 spiro atoms. The maximum Gasteiger partial charge on any atom is 0.0300 e. The highest BCUT2D eigenvalue weighted by atomic mass is 14.6. The van der Waals surface area contributed by atoms with Crippen molar-refractivity contribution in [1.29, 1.82) is 0 Å². The van der Waals surface area contributed by atoms with Crippen molar-refractivity contribution in [2.45, 2.75) is 44.6 Å². The molecule has 3 rings (SSSR count). The zero-order chi connectivity index (χ0) is 9.54. The van der Waals surface area contributed by atoms with Crippen molar-refractivity contribution in [1.82, 2.24) is 0 Å². The number of aryl methyl sites for hydroxylation is 3. The van der Waals surface area contributed by atoms with E-state index in [1.165, 1.54) is 43.2 Å². The molecule has 0 aromatic heterocycles. The van der Waals surface area contributed by atoms with Crippen LogP contribution in [0.2, 0.25) is 0 Å². The van der Waals surface area contributed by atoms with Crippen LogP contribution in [0.5, 0.6) is 0 Å². The van der Waals surface area contributed by atoms with Crippen LogP contribution in [0.3, 0.4) is 0 Å². The first-order valence-corrected chi connectivity index (χ1v) is 5.75. The summed E-state index contributed by atoms with van der Waals surface area (Å²) in [6.07, 6.45) is 7.65. The SMILES string of the molecule is N[C@H]1CCc2cc3c(cc21)CCCC3. The maximum absolute atomic E-state index is 6.08. The molecule has 2 aliphatic rings. The lowest BCUT2D eigenvalue weighted by molar-refractivity contribution is 0.681. The molecule has 0 radical (unpaired) electrons. The third kappa shape index (κ3) is 1.19. The van der Waals surface area contributed by atoms with E-state index in [9.17, 15) is 0 Å². The van der Waals surface area contributed by atoms with Gasteiger partial charge in [0.15, 0.2) is 0 Å². The van der Waals surface area contributed by atoms with Gasteiger partial charge in [-0.25, -0.2) is 0 Å². The van der Waals surface area contributed by atoms with Crippen LogP contribution in [0, 0.1) is 0 Å². The summed E-state index contributed by atoms with van der Waals surface area (Å²) < 4.78 is 0. The molecule has 1 atom stereocenters. The summed E-state index contributed by atoms with van der Waals surface area (Å²) in [4.78, 5) is 0. The molecule has 1 nitrogen and oxygen atoms in total. The molecule has 0 fully saturated rings. The van der Waals surface area contributed by atoms with Gasteiger partial charge >= 0.3 is 0 Å². The van der Waals surface area contributed by atoms with Crippen molar-refractivity contribution >= 4 is 0 Å². The Bertz CT molecular complexity index is 367. The molecule has 14 heavy (non-hydrogen) atoms. The quantitative estimate of drug-likeness (QED) is 0.663. The molecular formula is C13H17N. The minimum Gasteiger partial charge on any atom is -0.324 e. The number of hydrogen-bond acceptors (Lipinski definition) is 1. The largest absolute Gasteiger partial charge is 0.324 e. The molecule has 2 aliphatic carbocycles. The zero-order valence-corrected chi connectivity index (χ0v) is 8.55. The Labute approximate surface area is 85.3 Å². The summed E-state index contributed by atoms with van der Waals surface area (Å²) in [6, 6.07) is 5.13. The number of fused-ring (bicyclic) bond motifs is 2. The Hall–Kier alpha value is -0.820. The van der Waals surface area contributed by atoms with Gasteiger partial charge in [-0.1, -0.05) is 12.1 Å². The van der Waals surface area contributed by atoms with E-state index in [0.717, 1.165) is 6.42 Å². The summed E-state index contributed by atoms with van der Waals surface area (Å²) in [6.45, 7) is 0. The average Bonchev–Trinajstić information content (AvgIpc) is 2.57. The van der Waals surface area contributed by atoms with Gasteiger partial charge in [-0.3, -0.25) is 0 Å². The van der Waals surface area contributed by atoms with Crippen LogP contribution < -0.4 is 5.73 Å². The number of hydrogen-bond donors (Lipinski definition) is 1. The standard InChI is InChI=1S/C13H17N/c14-13-6-5-11-7-9-3-1-2-4-10(9)8-12(11)13/h7-8,13H,1-6,14H2/t13-/m0/s1. The Morgan fingerprint density at radius 1 is 0.929 bits per heavy atom. The first-order valence-electron chi connectivity index (χ1n) is 5.75. The lowest BCUT2D eigenvalue weighted by atomic mass is 9.88. The molecule has 0 saturated carbocycles. The molecule has 0 aliphatic heterocycles. The van der Waals surface area contributed by atoms with Gasteiger partial charge < -0.3 is 5.73 Å². The third-order valence-electron chi connectivity index (χ3n) is 3.73. The summed E-state index contributed by atoms with van der Waals surface area (Å²) in [7, 11) is 0. The van der Waals surface area contributed by atoms with Crippen LogP contribution in [-0.4, -0.2) is 0 Å². The predicted octanol–water partition coefficient (Wildman–Crippen LogP) is 2.51. The first-order chi connectivity index (χ1) is 6.84. The van der Waals surface area contributed by atoms with Crippen molar-refractivity contribution in [2.75, 3.05) is 0 Å². The summed E-state index contributed by atoms with van der Waals surface area (Å²) in [5.41, 5.74) is 12.2. The molecule has 2 N–H and O–H groups in total. The highest BCUT2D eigenvalue weighted by Crippen LogP contribution is 2.34. The zero-order valence-electron chi connectivity index (χ0n) is 8.55. The molecule has 74 valence electrons. The van der Waals surface area contributed by atoms with Crippen LogP contribution in [0.25, 0.3) is 0 Å². The number of nitrogens with two attached hydrogens (primary N) is 1. The molecular weight excluding hydrogens is 170 g/mol. The van der Waals surface area contributed by atoms with E-state index in [4.69, 9.17) is 5.73 Å². The average molecular weight is 187 g/mol. The monoisotopic (exact) mass is 187 g/mol. The van der Waals surface area contributed by atoms with Gasteiger partial charge in [0.1, 0.15) is 0 Å². The lowest BCUT2D eigenvalue weighted by Gasteiger charge is -2.18. The van der Waals surface area contributed by atoms with Gasteiger partial charge in [-0.05, 0) is 60.8 Å². The molecule has 0 bridgehead atoms. The summed E-state index contributed by atoms with van der Waals surface area (Å²) >= 11 is 0. The molecule has 1 heteroatoms. The summed E-state index contributed by atoms with van der Waals surface area (Å²) in [5, 5.41) is 0. The van der Waals surface area contributed by atoms with Crippen LogP contribution in [-0.2, 0) is 19.3 Å². The topological polar surface area (TPSA) is 26.0 Å². The highest BCUT2D eigenvalue weighted by molar-refractivity contribution is 5.43.